The minimum atomic E-state index is -1.18. The van der Waals surface area contributed by atoms with Crippen LogP contribution in [0.5, 0.6) is 0 Å². The lowest BCUT2D eigenvalue weighted by atomic mass is 9.99. The molecule has 1 amide bonds. The van der Waals surface area contributed by atoms with Crippen molar-refractivity contribution in [2.75, 3.05) is 6.54 Å². The molecule has 1 N–H and O–H groups in total. The van der Waals surface area contributed by atoms with E-state index < -0.39 is 17.2 Å². The van der Waals surface area contributed by atoms with Crippen LogP contribution in [-0.4, -0.2) is 43.5 Å². The third kappa shape index (κ3) is 2.35. The highest BCUT2D eigenvalue weighted by Crippen LogP contribution is 2.29. The molecule has 1 aliphatic rings. The van der Waals surface area contributed by atoms with Gasteiger partial charge >= 0.3 is 11.7 Å². The van der Waals surface area contributed by atoms with Crippen LogP contribution >= 0.6 is 0 Å². The number of hydrogen-bond acceptors (Lipinski definition) is 4. The maximum atomic E-state index is 12.2. The minimum absolute atomic E-state index is 0.185. The Bertz CT molecular complexity index is 568. The van der Waals surface area contributed by atoms with Gasteiger partial charge < -0.3 is 10.0 Å². The van der Waals surface area contributed by atoms with E-state index in [9.17, 15) is 19.5 Å². The number of nitrogens with zero attached hydrogens (tertiary/aromatic N) is 3. The van der Waals surface area contributed by atoms with Crippen molar-refractivity contribution in [3.05, 3.63) is 28.9 Å². The summed E-state index contributed by atoms with van der Waals surface area (Å²) in [5.41, 5.74) is -1.70. The van der Waals surface area contributed by atoms with E-state index in [2.05, 4.69) is 4.98 Å². The number of amides is 1. The lowest BCUT2D eigenvalue weighted by Gasteiger charge is -2.31. The fourth-order valence-electron chi connectivity index (χ4n) is 2.32. The lowest BCUT2D eigenvalue weighted by Crippen LogP contribution is -2.52. The van der Waals surface area contributed by atoms with Crippen molar-refractivity contribution in [1.82, 2.24) is 14.5 Å². The van der Waals surface area contributed by atoms with Crippen molar-refractivity contribution in [1.29, 1.82) is 0 Å². The highest BCUT2D eigenvalue weighted by Gasteiger charge is 2.45. The van der Waals surface area contributed by atoms with Gasteiger partial charge in [0.25, 0.3) is 0 Å². The molecule has 7 nitrogen and oxygen atoms in total. The Morgan fingerprint density at radius 3 is 2.89 bits per heavy atom. The molecule has 1 saturated heterocycles. The molecule has 7 heteroatoms. The maximum Gasteiger partial charge on any atom is 0.347 e. The first-order valence-electron chi connectivity index (χ1n) is 6.00. The average molecular weight is 265 g/mol. The molecule has 19 heavy (non-hydrogen) atoms. The normalized spacial score (nSPS) is 22.5. The van der Waals surface area contributed by atoms with E-state index in [1.165, 1.54) is 28.8 Å². The summed E-state index contributed by atoms with van der Waals surface area (Å²) in [6.45, 7) is 1.75. The number of hydrogen-bond donors (Lipinski definition) is 1. The van der Waals surface area contributed by atoms with E-state index in [1.807, 2.05) is 0 Å². The fourth-order valence-corrected chi connectivity index (χ4v) is 2.32. The molecule has 1 unspecified atom stereocenters. The van der Waals surface area contributed by atoms with Crippen LogP contribution in [0.25, 0.3) is 0 Å². The molecule has 2 rings (SSSR count). The Hall–Kier alpha value is -2.18. The van der Waals surface area contributed by atoms with Gasteiger partial charge in [-0.25, -0.2) is 14.6 Å². The number of carboxylic acid groups (broad SMARTS) is 1. The average Bonchev–Trinajstić information content (AvgIpc) is 2.76. The maximum absolute atomic E-state index is 12.2. The predicted octanol–water partition coefficient (Wildman–Crippen LogP) is -0.291. The van der Waals surface area contributed by atoms with Gasteiger partial charge in [0.15, 0.2) is 0 Å². The van der Waals surface area contributed by atoms with Gasteiger partial charge in [0.1, 0.15) is 12.1 Å². The zero-order chi connectivity index (χ0) is 14.0. The quantitative estimate of drug-likeness (QED) is 0.810. The van der Waals surface area contributed by atoms with Gasteiger partial charge in [-0.15, -0.1) is 0 Å². The van der Waals surface area contributed by atoms with Gasteiger partial charge in [0.2, 0.25) is 5.91 Å². The van der Waals surface area contributed by atoms with Gasteiger partial charge in [-0.2, -0.15) is 0 Å². The summed E-state index contributed by atoms with van der Waals surface area (Å²) in [5, 5.41) is 9.24. The van der Waals surface area contributed by atoms with Gasteiger partial charge in [-0.05, 0) is 25.8 Å². The topological polar surface area (TPSA) is 92.5 Å². The Labute approximate surface area is 109 Å². The van der Waals surface area contributed by atoms with Crippen LogP contribution in [0.1, 0.15) is 19.8 Å². The molecule has 0 bridgehead atoms. The molecule has 1 aliphatic heterocycles. The monoisotopic (exact) mass is 265 g/mol. The number of carbonyl (C=O) groups excluding carboxylic acids is 1. The molecule has 2 heterocycles. The summed E-state index contributed by atoms with van der Waals surface area (Å²) in [6, 6.07) is 1.55. The molecule has 0 saturated carbocycles. The molecule has 0 aromatic carbocycles. The van der Waals surface area contributed by atoms with E-state index in [-0.39, 0.29) is 12.5 Å². The van der Waals surface area contributed by atoms with E-state index in [1.54, 1.807) is 6.07 Å². The van der Waals surface area contributed by atoms with Gasteiger partial charge in [-0.1, -0.05) is 0 Å². The number of aromatic nitrogens is 2. The van der Waals surface area contributed by atoms with Gasteiger partial charge in [-0.3, -0.25) is 9.36 Å². The summed E-state index contributed by atoms with van der Waals surface area (Å²) in [5.74, 6) is -1.39. The molecular weight excluding hydrogens is 250 g/mol. The molecule has 1 fully saturated rings. The van der Waals surface area contributed by atoms with Crippen molar-refractivity contribution >= 4 is 11.9 Å². The third-order valence-corrected chi connectivity index (χ3v) is 3.49. The van der Waals surface area contributed by atoms with Gasteiger partial charge in [0, 0.05) is 18.9 Å². The van der Waals surface area contributed by atoms with E-state index in [0.29, 0.717) is 19.4 Å². The third-order valence-electron chi connectivity index (χ3n) is 3.49. The van der Waals surface area contributed by atoms with Crippen molar-refractivity contribution in [3.8, 4) is 0 Å². The Morgan fingerprint density at radius 1 is 1.53 bits per heavy atom. The molecule has 1 aromatic heterocycles. The summed E-state index contributed by atoms with van der Waals surface area (Å²) in [7, 11) is 0. The number of likely N-dealkylation sites (tertiary alicyclic amines) is 1. The Balaban J connectivity index is 2.19. The van der Waals surface area contributed by atoms with Crippen LogP contribution in [0.4, 0.5) is 0 Å². The van der Waals surface area contributed by atoms with Crippen molar-refractivity contribution in [2.24, 2.45) is 0 Å². The first-order chi connectivity index (χ1) is 8.95. The van der Waals surface area contributed by atoms with Crippen molar-refractivity contribution in [3.63, 3.8) is 0 Å². The van der Waals surface area contributed by atoms with Crippen LogP contribution in [0.15, 0.2) is 23.3 Å². The number of carbonyl (C=O) groups is 2. The molecule has 0 spiro atoms. The van der Waals surface area contributed by atoms with Crippen LogP contribution < -0.4 is 5.69 Å². The second-order valence-corrected chi connectivity index (χ2v) is 4.76. The fraction of sp³-hybridized carbons (Fsp3) is 0.500. The highest BCUT2D eigenvalue weighted by molar-refractivity contribution is 5.87. The molecule has 0 aliphatic carbocycles. The largest absolute Gasteiger partial charge is 0.480 e. The Morgan fingerprint density at radius 2 is 2.26 bits per heavy atom. The predicted molar refractivity (Wildman–Crippen MR) is 65.5 cm³/mol. The van der Waals surface area contributed by atoms with Crippen molar-refractivity contribution < 1.29 is 14.7 Å². The van der Waals surface area contributed by atoms with Gasteiger partial charge in [0.05, 0.1) is 0 Å². The first kappa shape index (κ1) is 13.3. The summed E-state index contributed by atoms with van der Waals surface area (Å²) in [4.78, 5) is 39.8. The van der Waals surface area contributed by atoms with Crippen LogP contribution in [0.3, 0.4) is 0 Å². The number of aliphatic carboxylic acids is 1. The van der Waals surface area contributed by atoms with Crippen LogP contribution in [0, 0.1) is 0 Å². The molecule has 0 radical (unpaired) electrons. The standard InChI is InChI=1S/C12H15N3O4/c1-12(10(17)18)4-2-7-15(12)9(16)8-14-6-3-5-13-11(14)19/h3,5-6H,2,4,7-8H2,1H3,(H,17,18). The zero-order valence-electron chi connectivity index (χ0n) is 10.6. The summed E-state index contributed by atoms with van der Waals surface area (Å²) in [6.07, 6.45) is 3.88. The highest BCUT2D eigenvalue weighted by atomic mass is 16.4. The van der Waals surface area contributed by atoms with Crippen molar-refractivity contribution in [2.45, 2.75) is 31.8 Å². The van der Waals surface area contributed by atoms with E-state index in [4.69, 9.17) is 0 Å². The van der Waals surface area contributed by atoms with E-state index in [0.717, 1.165) is 0 Å². The van der Waals surface area contributed by atoms with Crippen LogP contribution in [0.2, 0.25) is 0 Å². The second-order valence-electron chi connectivity index (χ2n) is 4.76. The minimum Gasteiger partial charge on any atom is -0.480 e. The van der Waals surface area contributed by atoms with Crippen LogP contribution in [-0.2, 0) is 16.1 Å². The molecule has 1 atom stereocenters. The zero-order valence-corrected chi connectivity index (χ0v) is 10.6. The first-order valence-corrected chi connectivity index (χ1v) is 6.00. The molecule has 1 aromatic rings. The molecular formula is C12H15N3O4. The summed E-state index contributed by atoms with van der Waals surface area (Å²) < 4.78 is 1.17. The SMILES string of the molecule is CC1(C(=O)O)CCCN1C(=O)Cn1cccnc1=O. The Kier molecular flexibility index (Phi) is 3.37. The second kappa shape index (κ2) is 4.83. The number of carboxylic acids is 1. The summed E-state index contributed by atoms with van der Waals surface area (Å²) >= 11 is 0. The molecule has 102 valence electrons. The lowest BCUT2D eigenvalue weighted by molar-refractivity contribution is -0.155. The smallest absolute Gasteiger partial charge is 0.347 e. The number of rotatable bonds is 3. The van der Waals surface area contributed by atoms with E-state index >= 15 is 0 Å².